The maximum absolute atomic E-state index is 11.7. The van der Waals surface area contributed by atoms with Gasteiger partial charge in [-0.25, -0.2) is 0 Å². The first kappa shape index (κ1) is 11.4. The van der Waals surface area contributed by atoms with Gasteiger partial charge in [-0.15, -0.1) is 11.3 Å². The summed E-state index contributed by atoms with van der Waals surface area (Å²) in [5.74, 6) is 0.272. The lowest BCUT2D eigenvalue weighted by atomic mass is 9.95. The van der Waals surface area contributed by atoms with E-state index in [0.29, 0.717) is 6.42 Å². The smallest absolute Gasteiger partial charge is 0.152 e. The summed E-state index contributed by atoms with van der Waals surface area (Å²) in [4.78, 5) is 13.0. The van der Waals surface area contributed by atoms with Crippen LogP contribution in [-0.4, -0.2) is 18.4 Å². The van der Waals surface area contributed by atoms with Gasteiger partial charge in [0, 0.05) is 11.3 Å². The summed E-state index contributed by atoms with van der Waals surface area (Å²) in [5.41, 5.74) is -0.392. The molecule has 0 unspecified atom stereocenters. The first-order valence-electron chi connectivity index (χ1n) is 4.81. The Bertz CT molecular complexity index is 290. The number of carbonyl (C=O) groups is 1. The average molecular weight is 211 g/mol. The molecule has 1 aromatic heterocycles. The van der Waals surface area contributed by atoms with Gasteiger partial charge in [0.25, 0.3) is 0 Å². The quantitative estimate of drug-likeness (QED) is 0.809. The van der Waals surface area contributed by atoms with Gasteiger partial charge in [0.15, 0.2) is 5.78 Å². The topological polar surface area (TPSA) is 29.1 Å². The van der Waals surface area contributed by atoms with E-state index in [0.717, 1.165) is 6.42 Å². The van der Waals surface area contributed by atoms with E-state index >= 15 is 0 Å². The second kappa shape index (κ2) is 4.71. The Morgan fingerprint density at radius 1 is 1.57 bits per heavy atom. The molecule has 1 rings (SSSR count). The minimum atomic E-state index is -0.392. The van der Waals surface area contributed by atoms with Crippen LogP contribution in [-0.2, 0) is 11.2 Å². The van der Waals surface area contributed by atoms with E-state index in [1.807, 2.05) is 32.3 Å². The normalized spacial score (nSPS) is 11.6. The van der Waals surface area contributed by atoms with Gasteiger partial charge in [-0.2, -0.15) is 0 Å². The van der Waals surface area contributed by atoms with Crippen LogP contribution in [0.1, 0.15) is 25.1 Å². The van der Waals surface area contributed by atoms with Crippen LogP contribution in [0.15, 0.2) is 17.5 Å². The van der Waals surface area contributed by atoms with Gasteiger partial charge in [-0.05, 0) is 38.8 Å². The molecule has 0 amide bonds. The number of aryl methyl sites for hydroxylation is 1. The predicted octanol–water partition coefficient (Wildman–Crippen LogP) is 2.25. The molecule has 2 nitrogen and oxygen atoms in total. The monoisotopic (exact) mass is 211 g/mol. The molecule has 0 aromatic carbocycles. The molecule has 0 spiro atoms. The number of carbonyl (C=O) groups excluding carboxylic acids is 1. The summed E-state index contributed by atoms with van der Waals surface area (Å²) in [6.07, 6.45) is 1.48. The SMILES string of the molecule is CNC(C)(C)C(=O)CCc1cccs1. The summed E-state index contributed by atoms with van der Waals surface area (Å²) in [7, 11) is 1.82. The van der Waals surface area contributed by atoms with Crippen molar-refractivity contribution in [3.05, 3.63) is 22.4 Å². The molecule has 0 saturated carbocycles. The molecule has 1 heterocycles. The van der Waals surface area contributed by atoms with Crippen LogP contribution in [0.25, 0.3) is 0 Å². The van der Waals surface area contributed by atoms with Crippen molar-refractivity contribution in [3.63, 3.8) is 0 Å². The number of ketones is 1. The molecule has 0 aliphatic rings. The summed E-state index contributed by atoms with van der Waals surface area (Å²) in [5, 5.41) is 5.07. The maximum atomic E-state index is 11.7. The molecule has 0 bridgehead atoms. The van der Waals surface area contributed by atoms with Crippen LogP contribution in [0, 0.1) is 0 Å². The summed E-state index contributed by atoms with van der Waals surface area (Å²) >= 11 is 1.71. The van der Waals surface area contributed by atoms with Crippen LogP contribution in [0.2, 0.25) is 0 Å². The lowest BCUT2D eigenvalue weighted by molar-refractivity contribution is -0.124. The van der Waals surface area contributed by atoms with E-state index in [2.05, 4.69) is 11.4 Å². The molecule has 0 aliphatic carbocycles. The van der Waals surface area contributed by atoms with Crippen LogP contribution >= 0.6 is 11.3 Å². The standard InChI is InChI=1S/C11H17NOS/c1-11(2,12-3)10(13)7-6-9-5-4-8-14-9/h4-5,8,12H,6-7H2,1-3H3. The largest absolute Gasteiger partial charge is 0.308 e. The highest BCUT2D eigenvalue weighted by Gasteiger charge is 2.24. The third-order valence-electron chi connectivity index (χ3n) is 2.50. The number of likely N-dealkylation sites (N-methyl/N-ethyl adjacent to an activating group) is 1. The molecule has 0 radical (unpaired) electrons. The second-order valence-electron chi connectivity index (χ2n) is 3.88. The van der Waals surface area contributed by atoms with Crippen molar-refractivity contribution in [1.82, 2.24) is 5.32 Å². The Morgan fingerprint density at radius 2 is 2.29 bits per heavy atom. The minimum Gasteiger partial charge on any atom is -0.308 e. The highest BCUT2D eigenvalue weighted by atomic mass is 32.1. The lowest BCUT2D eigenvalue weighted by Crippen LogP contribution is -2.44. The van der Waals surface area contributed by atoms with Gasteiger partial charge in [0.05, 0.1) is 5.54 Å². The molecule has 1 N–H and O–H groups in total. The van der Waals surface area contributed by atoms with Crippen LogP contribution in [0.4, 0.5) is 0 Å². The molecule has 0 fully saturated rings. The molecule has 3 heteroatoms. The Hall–Kier alpha value is -0.670. The molecule has 78 valence electrons. The Balaban J connectivity index is 2.43. The van der Waals surface area contributed by atoms with Crippen LogP contribution in [0.5, 0.6) is 0 Å². The van der Waals surface area contributed by atoms with Crippen molar-refractivity contribution in [2.45, 2.75) is 32.2 Å². The molecule has 14 heavy (non-hydrogen) atoms. The van der Waals surface area contributed by atoms with E-state index in [4.69, 9.17) is 0 Å². The summed E-state index contributed by atoms with van der Waals surface area (Å²) < 4.78 is 0. The first-order chi connectivity index (χ1) is 6.56. The molecule has 0 atom stereocenters. The fourth-order valence-corrected chi connectivity index (χ4v) is 1.85. The number of nitrogens with one attached hydrogen (secondary N) is 1. The second-order valence-corrected chi connectivity index (χ2v) is 4.91. The van der Waals surface area contributed by atoms with Crippen molar-refractivity contribution in [2.75, 3.05) is 7.05 Å². The zero-order valence-electron chi connectivity index (χ0n) is 8.96. The zero-order chi connectivity index (χ0) is 10.6. The maximum Gasteiger partial charge on any atom is 0.152 e. The number of Topliss-reactive ketones (excluding diaryl/α,β-unsaturated/α-hetero) is 1. The van der Waals surface area contributed by atoms with Crippen LogP contribution in [0.3, 0.4) is 0 Å². The highest BCUT2D eigenvalue weighted by Crippen LogP contribution is 2.14. The molecular formula is C11H17NOS. The Labute approximate surface area is 89.3 Å². The fourth-order valence-electron chi connectivity index (χ4n) is 1.14. The predicted molar refractivity (Wildman–Crippen MR) is 60.8 cm³/mol. The van der Waals surface area contributed by atoms with E-state index in [-0.39, 0.29) is 5.78 Å². The molecular weight excluding hydrogens is 194 g/mol. The summed E-state index contributed by atoms with van der Waals surface area (Å²) in [6, 6.07) is 4.10. The third-order valence-corrected chi connectivity index (χ3v) is 3.44. The Morgan fingerprint density at radius 3 is 2.79 bits per heavy atom. The lowest BCUT2D eigenvalue weighted by Gasteiger charge is -2.21. The average Bonchev–Trinajstić information content (AvgIpc) is 2.66. The number of rotatable bonds is 5. The number of thiophene rings is 1. The summed E-state index contributed by atoms with van der Waals surface area (Å²) in [6.45, 7) is 3.84. The van der Waals surface area contributed by atoms with E-state index < -0.39 is 5.54 Å². The number of hydrogen-bond acceptors (Lipinski definition) is 3. The highest BCUT2D eigenvalue weighted by molar-refractivity contribution is 7.09. The Kier molecular flexibility index (Phi) is 3.84. The van der Waals surface area contributed by atoms with E-state index in [1.165, 1.54) is 4.88 Å². The van der Waals surface area contributed by atoms with Crippen molar-refractivity contribution < 1.29 is 4.79 Å². The van der Waals surface area contributed by atoms with Crippen molar-refractivity contribution in [1.29, 1.82) is 0 Å². The first-order valence-corrected chi connectivity index (χ1v) is 5.69. The van der Waals surface area contributed by atoms with Gasteiger partial charge in [-0.1, -0.05) is 6.07 Å². The third kappa shape index (κ3) is 2.93. The van der Waals surface area contributed by atoms with E-state index in [9.17, 15) is 4.79 Å². The van der Waals surface area contributed by atoms with Gasteiger partial charge < -0.3 is 5.32 Å². The van der Waals surface area contributed by atoms with Gasteiger partial charge in [-0.3, -0.25) is 4.79 Å². The molecule has 0 saturated heterocycles. The van der Waals surface area contributed by atoms with Crippen molar-refractivity contribution in [3.8, 4) is 0 Å². The fraction of sp³-hybridized carbons (Fsp3) is 0.545. The number of hydrogen-bond donors (Lipinski definition) is 1. The zero-order valence-corrected chi connectivity index (χ0v) is 9.78. The van der Waals surface area contributed by atoms with Gasteiger partial charge >= 0.3 is 0 Å². The minimum absolute atomic E-state index is 0.272. The van der Waals surface area contributed by atoms with E-state index in [1.54, 1.807) is 11.3 Å². The van der Waals surface area contributed by atoms with Gasteiger partial charge in [0.1, 0.15) is 0 Å². The molecule has 1 aromatic rings. The van der Waals surface area contributed by atoms with Crippen molar-refractivity contribution >= 4 is 17.1 Å². The van der Waals surface area contributed by atoms with Gasteiger partial charge in [0.2, 0.25) is 0 Å². The van der Waals surface area contributed by atoms with Crippen LogP contribution < -0.4 is 5.32 Å². The molecule has 0 aliphatic heterocycles. The van der Waals surface area contributed by atoms with Crippen molar-refractivity contribution in [2.24, 2.45) is 0 Å².